The minimum absolute atomic E-state index is 0.0689. The third kappa shape index (κ3) is 2.83. The maximum atomic E-state index is 10.8. The molecule has 1 saturated carbocycles. The van der Waals surface area contributed by atoms with Crippen LogP contribution in [0, 0.1) is 23.7 Å². The maximum Gasteiger partial charge on any atom is 0.304 e. The fraction of sp³-hybridized carbons (Fsp3) is 0.944. The Morgan fingerprint density at radius 1 is 1.20 bits per heavy atom. The number of aliphatic carboxylic acids is 1. The van der Waals surface area contributed by atoms with Gasteiger partial charge in [0.05, 0.1) is 6.42 Å². The predicted octanol–water partition coefficient (Wildman–Crippen LogP) is 3.40. The SMILES string of the molecule is C[C@H]1[C@H](SCCC(=O)O)O[C@@H]2O[C@@]3(C)CC[C@H]4[C@H](C)CC[C@@H]1[C@@]24OO3. The van der Waals surface area contributed by atoms with Crippen LogP contribution in [0.5, 0.6) is 0 Å². The molecule has 0 radical (unpaired) electrons. The minimum atomic E-state index is -0.770. The highest BCUT2D eigenvalue weighted by Gasteiger charge is 2.69. The molecule has 0 aromatic heterocycles. The Kier molecular flexibility index (Phi) is 4.60. The van der Waals surface area contributed by atoms with E-state index >= 15 is 0 Å². The monoisotopic (exact) mass is 372 g/mol. The van der Waals surface area contributed by atoms with Gasteiger partial charge < -0.3 is 14.6 Å². The van der Waals surface area contributed by atoms with E-state index < -0.39 is 23.6 Å². The molecule has 8 atom stereocenters. The Hall–Kier alpha value is -0.340. The molecule has 4 saturated heterocycles. The lowest BCUT2D eigenvalue weighted by atomic mass is 9.58. The second-order valence-corrected chi connectivity index (χ2v) is 9.49. The van der Waals surface area contributed by atoms with Gasteiger partial charge in [-0.05, 0) is 43.9 Å². The van der Waals surface area contributed by atoms with Crippen molar-refractivity contribution in [1.29, 1.82) is 0 Å². The second kappa shape index (κ2) is 6.37. The summed E-state index contributed by atoms with van der Waals surface area (Å²) in [6.45, 7) is 6.42. The summed E-state index contributed by atoms with van der Waals surface area (Å²) in [5.41, 5.74) is -0.600. The summed E-state index contributed by atoms with van der Waals surface area (Å²) in [7, 11) is 0. The average Bonchev–Trinajstić information content (AvgIpc) is 2.78. The van der Waals surface area contributed by atoms with Crippen LogP contribution < -0.4 is 0 Å². The van der Waals surface area contributed by atoms with Gasteiger partial charge in [0.25, 0.3) is 0 Å². The molecule has 6 nitrogen and oxygen atoms in total. The molecule has 142 valence electrons. The van der Waals surface area contributed by atoms with Gasteiger partial charge in [0.15, 0.2) is 11.9 Å². The molecule has 0 amide bonds. The Morgan fingerprint density at radius 3 is 2.76 bits per heavy atom. The highest BCUT2D eigenvalue weighted by molar-refractivity contribution is 7.99. The van der Waals surface area contributed by atoms with Gasteiger partial charge in [-0.1, -0.05) is 13.8 Å². The number of rotatable bonds is 4. The molecule has 4 heterocycles. The molecule has 1 spiro atoms. The van der Waals surface area contributed by atoms with E-state index in [2.05, 4.69) is 13.8 Å². The topological polar surface area (TPSA) is 74.2 Å². The summed E-state index contributed by atoms with van der Waals surface area (Å²) in [6.07, 6.45) is 3.79. The number of carbonyl (C=O) groups is 1. The highest BCUT2D eigenvalue weighted by Crippen LogP contribution is 2.61. The standard InChI is InChI=1S/C18H28O6S/c1-10-4-5-13-11(2)15(25-9-7-14(19)20)21-16-18(13)12(10)6-8-17(3,22-16)23-24-18/h10-13,15-16H,4-9H2,1-3H3,(H,19,20)/t10-,11-,12+,13+,15+,16-,17-,18-/m1/s1. The Balaban J connectivity index is 1.62. The van der Waals surface area contributed by atoms with Gasteiger partial charge >= 0.3 is 5.97 Å². The van der Waals surface area contributed by atoms with Crippen LogP contribution in [0.4, 0.5) is 0 Å². The van der Waals surface area contributed by atoms with Gasteiger partial charge in [-0.25, -0.2) is 9.78 Å². The number of carboxylic acid groups (broad SMARTS) is 1. The van der Waals surface area contributed by atoms with E-state index in [4.69, 9.17) is 24.4 Å². The van der Waals surface area contributed by atoms with E-state index in [0.29, 0.717) is 23.5 Å². The number of fused-ring (bicyclic) bond motifs is 2. The van der Waals surface area contributed by atoms with Gasteiger partial charge in [-0.3, -0.25) is 4.79 Å². The van der Waals surface area contributed by atoms with Crippen LogP contribution >= 0.6 is 11.8 Å². The van der Waals surface area contributed by atoms with E-state index in [1.807, 2.05) is 6.92 Å². The van der Waals surface area contributed by atoms with Crippen molar-refractivity contribution in [2.45, 2.75) is 76.0 Å². The second-order valence-electron chi connectivity index (χ2n) is 8.29. The summed E-state index contributed by atoms with van der Waals surface area (Å²) in [4.78, 5) is 22.7. The number of thioether (sulfide) groups is 1. The highest BCUT2D eigenvalue weighted by atomic mass is 32.2. The predicted molar refractivity (Wildman–Crippen MR) is 91.5 cm³/mol. The van der Waals surface area contributed by atoms with Crippen molar-refractivity contribution < 1.29 is 29.1 Å². The number of ether oxygens (including phenoxy) is 2. The van der Waals surface area contributed by atoms with Crippen LogP contribution in [-0.2, 0) is 24.0 Å². The fourth-order valence-corrected chi connectivity index (χ4v) is 6.52. The Bertz CT molecular complexity index is 544. The first kappa shape index (κ1) is 18.0. The van der Waals surface area contributed by atoms with Gasteiger partial charge in [-0.15, -0.1) is 11.8 Å². The van der Waals surface area contributed by atoms with Crippen molar-refractivity contribution in [2.24, 2.45) is 23.7 Å². The van der Waals surface area contributed by atoms with Crippen molar-refractivity contribution in [3.63, 3.8) is 0 Å². The number of hydrogen-bond acceptors (Lipinski definition) is 6. The lowest BCUT2D eigenvalue weighted by Crippen LogP contribution is -2.70. The van der Waals surface area contributed by atoms with E-state index in [1.54, 1.807) is 11.8 Å². The third-order valence-electron chi connectivity index (χ3n) is 6.70. The molecule has 5 fully saturated rings. The van der Waals surface area contributed by atoms with E-state index in [0.717, 1.165) is 19.3 Å². The quantitative estimate of drug-likeness (QED) is 0.758. The largest absolute Gasteiger partial charge is 0.481 e. The van der Waals surface area contributed by atoms with Crippen molar-refractivity contribution in [3.8, 4) is 0 Å². The molecular formula is C18H28O6S. The Morgan fingerprint density at radius 2 is 2.00 bits per heavy atom. The zero-order chi connectivity index (χ0) is 17.8. The Labute approximate surface area is 152 Å². The lowest BCUT2D eigenvalue weighted by Gasteiger charge is -2.60. The molecular weight excluding hydrogens is 344 g/mol. The van der Waals surface area contributed by atoms with Crippen molar-refractivity contribution in [3.05, 3.63) is 0 Å². The lowest BCUT2D eigenvalue weighted by molar-refractivity contribution is -0.568. The number of hydrogen-bond donors (Lipinski definition) is 1. The third-order valence-corrected chi connectivity index (χ3v) is 8.00. The fourth-order valence-electron chi connectivity index (χ4n) is 5.32. The molecule has 2 bridgehead atoms. The zero-order valence-corrected chi connectivity index (χ0v) is 15.9. The number of carboxylic acids is 1. The van der Waals surface area contributed by atoms with Crippen LogP contribution in [0.1, 0.15) is 52.9 Å². The molecule has 1 aliphatic carbocycles. The summed E-state index contributed by atoms with van der Waals surface area (Å²) < 4.78 is 12.7. The van der Waals surface area contributed by atoms with E-state index in [1.165, 1.54) is 6.42 Å². The summed E-state index contributed by atoms with van der Waals surface area (Å²) in [5, 5.41) is 8.91. The molecule has 5 rings (SSSR count). The molecule has 5 aliphatic rings. The van der Waals surface area contributed by atoms with Gasteiger partial charge in [-0.2, -0.15) is 0 Å². The minimum Gasteiger partial charge on any atom is -0.481 e. The normalized spacial score (nSPS) is 51.6. The maximum absolute atomic E-state index is 10.8. The first-order valence-electron chi connectivity index (χ1n) is 9.39. The van der Waals surface area contributed by atoms with Crippen molar-refractivity contribution in [2.75, 3.05) is 5.75 Å². The van der Waals surface area contributed by atoms with Crippen LogP contribution in [0.15, 0.2) is 0 Å². The van der Waals surface area contributed by atoms with Gasteiger partial charge in [0.1, 0.15) is 5.44 Å². The van der Waals surface area contributed by atoms with E-state index in [-0.39, 0.29) is 17.8 Å². The van der Waals surface area contributed by atoms with Crippen LogP contribution in [0.25, 0.3) is 0 Å². The average molecular weight is 372 g/mol. The summed E-state index contributed by atoms with van der Waals surface area (Å²) in [6, 6.07) is 0. The van der Waals surface area contributed by atoms with Crippen LogP contribution in [-0.4, -0.2) is 39.9 Å². The first-order valence-corrected chi connectivity index (χ1v) is 10.4. The molecule has 0 aromatic carbocycles. The van der Waals surface area contributed by atoms with Gasteiger partial charge in [0, 0.05) is 18.1 Å². The van der Waals surface area contributed by atoms with Crippen molar-refractivity contribution >= 4 is 17.7 Å². The smallest absolute Gasteiger partial charge is 0.304 e. The molecule has 0 aromatic rings. The molecule has 4 aliphatic heterocycles. The molecule has 7 heteroatoms. The molecule has 25 heavy (non-hydrogen) atoms. The summed E-state index contributed by atoms with van der Waals surface area (Å²) in [5.74, 6) is 0.510. The van der Waals surface area contributed by atoms with Gasteiger partial charge in [0.2, 0.25) is 5.79 Å². The van der Waals surface area contributed by atoms with Crippen LogP contribution in [0.2, 0.25) is 0 Å². The van der Waals surface area contributed by atoms with Crippen LogP contribution in [0.3, 0.4) is 0 Å². The van der Waals surface area contributed by atoms with E-state index in [9.17, 15) is 4.79 Å². The first-order chi connectivity index (χ1) is 11.9. The zero-order valence-electron chi connectivity index (χ0n) is 15.1. The molecule has 0 unspecified atom stereocenters. The molecule has 1 N–H and O–H groups in total. The van der Waals surface area contributed by atoms with Crippen molar-refractivity contribution in [1.82, 2.24) is 0 Å². The summed E-state index contributed by atoms with van der Waals surface area (Å²) >= 11 is 1.59.